The van der Waals surface area contributed by atoms with E-state index in [0.29, 0.717) is 5.32 Å². The number of rotatable bonds is 10. The highest BCUT2D eigenvalue weighted by Gasteiger charge is 2.91. The molecule has 0 rings (SSSR count). The molecular formula is C13H11F13NO3-. The Morgan fingerprint density at radius 2 is 1.17 bits per heavy atom. The van der Waals surface area contributed by atoms with Crippen molar-refractivity contribution in [2.45, 2.75) is 68.0 Å². The van der Waals surface area contributed by atoms with Crippen LogP contribution >= 0.6 is 0 Å². The molecule has 17 heteroatoms. The van der Waals surface area contributed by atoms with Crippen molar-refractivity contribution >= 4 is 11.9 Å². The highest BCUT2D eigenvalue weighted by molar-refractivity contribution is 5.88. The van der Waals surface area contributed by atoms with Gasteiger partial charge >= 0.3 is 35.8 Å². The first-order valence-electron chi connectivity index (χ1n) is 7.51. The maximum absolute atomic E-state index is 13.5. The van der Waals surface area contributed by atoms with Crippen molar-refractivity contribution in [3.8, 4) is 0 Å². The highest BCUT2D eigenvalue weighted by atomic mass is 19.4. The summed E-state index contributed by atoms with van der Waals surface area (Å²) in [6, 6.07) is -2.52. The van der Waals surface area contributed by atoms with E-state index in [1.165, 1.54) is 6.92 Å². The second-order valence-electron chi connectivity index (χ2n) is 5.86. The van der Waals surface area contributed by atoms with E-state index in [2.05, 4.69) is 0 Å². The van der Waals surface area contributed by atoms with Crippen molar-refractivity contribution < 1.29 is 71.8 Å². The molecule has 0 radical (unpaired) electrons. The van der Waals surface area contributed by atoms with Crippen molar-refractivity contribution in [2.75, 3.05) is 0 Å². The summed E-state index contributed by atoms with van der Waals surface area (Å²) in [5.74, 6) is -45.1. The van der Waals surface area contributed by atoms with Gasteiger partial charge in [0.15, 0.2) is 0 Å². The average molecular weight is 476 g/mol. The molecule has 1 atom stereocenters. The van der Waals surface area contributed by atoms with Crippen LogP contribution in [0, 0.1) is 0 Å². The van der Waals surface area contributed by atoms with Crippen LogP contribution in [0.2, 0.25) is 0 Å². The van der Waals surface area contributed by atoms with Crippen LogP contribution in [0.5, 0.6) is 0 Å². The Morgan fingerprint density at radius 3 is 1.50 bits per heavy atom. The van der Waals surface area contributed by atoms with Crippen LogP contribution in [0.25, 0.3) is 0 Å². The van der Waals surface area contributed by atoms with Crippen LogP contribution in [0.4, 0.5) is 57.1 Å². The number of hydrogen-bond acceptors (Lipinski definition) is 3. The number of hydrogen-bond donors (Lipinski definition) is 1. The Labute approximate surface area is 158 Å². The van der Waals surface area contributed by atoms with Gasteiger partial charge in [0.25, 0.3) is 5.91 Å². The number of alkyl halides is 13. The monoisotopic (exact) mass is 476 g/mol. The van der Waals surface area contributed by atoms with Crippen molar-refractivity contribution in [1.29, 1.82) is 0 Å². The molecule has 0 bridgehead atoms. The Morgan fingerprint density at radius 1 is 0.767 bits per heavy atom. The summed E-state index contributed by atoms with van der Waals surface area (Å²) in [5.41, 5.74) is 0. The number of carboxylic acid groups (broad SMARTS) is 1. The summed E-state index contributed by atoms with van der Waals surface area (Å²) in [6.45, 7) is 1.39. The van der Waals surface area contributed by atoms with Crippen molar-refractivity contribution in [3.63, 3.8) is 0 Å². The Kier molecular flexibility index (Phi) is 7.74. The second kappa shape index (κ2) is 8.28. The second-order valence-corrected chi connectivity index (χ2v) is 5.86. The molecule has 178 valence electrons. The molecular weight excluding hydrogens is 465 g/mol. The van der Waals surface area contributed by atoms with Gasteiger partial charge in [0, 0.05) is 0 Å². The van der Waals surface area contributed by atoms with E-state index in [0.717, 1.165) is 0 Å². The van der Waals surface area contributed by atoms with E-state index in [4.69, 9.17) is 0 Å². The molecule has 0 aliphatic rings. The number of halogens is 13. The number of amides is 1. The molecule has 1 unspecified atom stereocenters. The molecule has 0 aromatic carbocycles. The normalized spacial score (nSPS) is 15.7. The molecule has 4 nitrogen and oxygen atoms in total. The van der Waals surface area contributed by atoms with Gasteiger partial charge in [-0.25, -0.2) is 0 Å². The first-order chi connectivity index (χ1) is 13.0. The van der Waals surface area contributed by atoms with Crippen LogP contribution in [-0.2, 0) is 9.59 Å². The zero-order valence-electron chi connectivity index (χ0n) is 14.3. The molecule has 0 aromatic heterocycles. The van der Waals surface area contributed by atoms with E-state index < -0.39 is 60.1 Å². The van der Waals surface area contributed by atoms with Crippen molar-refractivity contribution in [3.05, 3.63) is 0 Å². The van der Waals surface area contributed by atoms with Gasteiger partial charge in [-0.1, -0.05) is 19.8 Å². The number of carbonyl (C=O) groups is 2. The van der Waals surface area contributed by atoms with Gasteiger partial charge in [-0.2, -0.15) is 57.1 Å². The number of unbranched alkanes of at least 4 members (excludes halogenated alkanes) is 1. The third kappa shape index (κ3) is 4.38. The van der Waals surface area contributed by atoms with Crippen LogP contribution in [-0.4, -0.2) is 53.7 Å². The van der Waals surface area contributed by atoms with Gasteiger partial charge in [0.2, 0.25) is 0 Å². The zero-order valence-corrected chi connectivity index (χ0v) is 14.3. The molecule has 1 amide bonds. The molecule has 30 heavy (non-hydrogen) atoms. The summed E-state index contributed by atoms with van der Waals surface area (Å²) in [7, 11) is 0. The van der Waals surface area contributed by atoms with Gasteiger partial charge in [0.05, 0.1) is 12.0 Å². The van der Waals surface area contributed by atoms with Crippen LogP contribution in [0.15, 0.2) is 0 Å². The lowest BCUT2D eigenvalue weighted by atomic mass is 9.93. The molecule has 0 heterocycles. The molecule has 0 spiro atoms. The number of carbonyl (C=O) groups excluding carboxylic acids is 2. The van der Waals surface area contributed by atoms with E-state index in [-0.39, 0.29) is 12.8 Å². The summed E-state index contributed by atoms with van der Waals surface area (Å²) < 4.78 is 168. The SMILES string of the molecule is CCCCC(NC(=O)C(F)(F)C(F)(F)C(F)(F)C(F)(F)C(F)(F)C(F)(F)F)C(=O)[O-]. The Hall–Kier alpha value is -1.97. The third-order valence-corrected chi connectivity index (χ3v) is 3.65. The van der Waals surface area contributed by atoms with Gasteiger partial charge in [0.1, 0.15) is 0 Å². The number of nitrogens with one attached hydrogen (secondary N) is 1. The van der Waals surface area contributed by atoms with Crippen molar-refractivity contribution in [2.24, 2.45) is 0 Å². The summed E-state index contributed by atoms with van der Waals surface area (Å²) in [6.07, 6.45) is -8.42. The maximum Gasteiger partial charge on any atom is 0.460 e. The molecule has 1 N–H and O–H groups in total. The summed E-state index contributed by atoms with van der Waals surface area (Å²) in [4.78, 5) is 21.9. The first-order valence-corrected chi connectivity index (χ1v) is 7.51. The fourth-order valence-electron chi connectivity index (χ4n) is 1.82. The molecule has 0 aliphatic carbocycles. The van der Waals surface area contributed by atoms with Crippen molar-refractivity contribution in [1.82, 2.24) is 5.32 Å². The van der Waals surface area contributed by atoms with E-state index >= 15 is 0 Å². The topological polar surface area (TPSA) is 69.2 Å². The molecule has 0 saturated carbocycles. The number of carboxylic acids is 1. The predicted molar refractivity (Wildman–Crippen MR) is 67.3 cm³/mol. The largest absolute Gasteiger partial charge is 0.548 e. The first kappa shape index (κ1) is 28.0. The van der Waals surface area contributed by atoms with Gasteiger partial charge < -0.3 is 15.2 Å². The molecule has 0 aromatic rings. The molecule has 0 fully saturated rings. The quantitative estimate of drug-likeness (QED) is 0.493. The lowest BCUT2D eigenvalue weighted by molar-refractivity contribution is -0.436. The molecule has 0 aliphatic heterocycles. The van der Waals surface area contributed by atoms with Gasteiger partial charge in [-0.15, -0.1) is 0 Å². The van der Waals surface area contributed by atoms with Gasteiger partial charge in [-0.05, 0) is 6.42 Å². The Bertz CT molecular complexity index is 645. The minimum Gasteiger partial charge on any atom is -0.548 e. The van der Waals surface area contributed by atoms with E-state index in [9.17, 15) is 71.8 Å². The van der Waals surface area contributed by atoms with Gasteiger partial charge in [-0.3, -0.25) is 4.79 Å². The van der Waals surface area contributed by atoms with Crippen LogP contribution < -0.4 is 10.4 Å². The maximum atomic E-state index is 13.5. The fraction of sp³-hybridized carbons (Fsp3) is 0.846. The standard InChI is InChI=1S/C13H12F13NO3/c1-2-3-4-5(6(28)29)27-7(30)8(14,15)9(16,17)10(18,19)11(20,21)12(22,23)13(24,25)26/h5H,2-4H2,1H3,(H,27,30)(H,28,29)/p-1. The predicted octanol–water partition coefficient (Wildman–Crippen LogP) is 3.15. The lowest BCUT2D eigenvalue weighted by Crippen LogP contribution is -2.72. The van der Waals surface area contributed by atoms with Crippen LogP contribution in [0.3, 0.4) is 0 Å². The number of aliphatic carboxylic acids is 1. The minimum atomic E-state index is -8.15. The summed E-state index contributed by atoms with van der Waals surface area (Å²) in [5, 5.41) is 11.2. The highest BCUT2D eigenvalue weighted by Crippen LogP contribution is 2.60. The minimum absolute atomic E-state index is 0.128. The smallest absolute Gasteiger partial charge is 0.460 e. The Balaban J connectivity index is 6.17. The average Bonchev–Trinajstić information content (AvgIpc) is 2.56. The van der Waals surface area contributed by atoms with Crippen LogP contribution in [0.1, 0.15) is 26.2 Å². The zero-order chi connectivity index (χ0) is 24.6. The molecule has 0 saturated heterocycles. The summed E-state index contributed by atoms with van der Waals surface area (Å²) >= 11 is 0. The third-order valence-electron chi connectivity index (χ3n) is 3.65. The lowest BCUT2D eigenvalue weighted by Gasteiger charge is -2.39. The van der Waals surface area contributed by atoms with E-state index in [1.807, 2.05) is 0 Å². The van der Waals surface area contributed by atoms with E-state index in [1.54, 1.807) is 0 Å². The fourth-order valence-corrected chi connectivity index (χ4v) is 1.82.